The lowest BCUT2D eigenvalue weighted by Crippen LogP contribution is -2.51. The number of anilines is 1. The summed E-state index contributed by atoms with van der Waals surface area (Å²) in [5.41, 5.74) is 2.53. The summed E-state index contributed by atoms with van der Waals surface area (Å²) in [5, 5.41) is 25.5. The number of nitrogens with zero attached hydrogens (tertiary/aromatic N) is 1. The summed E-state index contributed by atoms with van der Waals surface area (Å²) in [4.78, 5) is 26.1. The lowest BCUT2D eigenvalue weighted by atomic mass is 9.76. The largest absolute Gasteiger partial charge is 0.475 e. The minimum absolute atomic E-state index is 0.245. The fraction of sp³-hybridized carbons (Fsp3) is 0.263. The summed E-state index contributed by atoms with van der Waals surface area (Å²) in [6, 6.07) is 9.22. The van der Waals surface area contributed by atoms with Crippen molar-refractivity contribution in [2.45, 2.75) is 25.7 Å². The van der Waals surface area contributed by atoms with Crippen molar-refractivity contribution in [2.24, 2.45) is 0 Å². The molecule has 0 radical (unpaired) electrons. The van der Waals surface area contributed by atoms with Crippen LogP contribution in [0.15, 0.2) is 53.7 Å². The first-order chi connectivity index (χ1) is 12.9. The molecule has 0 aliphatic heterocycles. The molecule has 27 heavy (non-hydrogen) atoms. The van der Waals surface area contributed by atoms with Crippen LogP contribution in [0.2, 0.25) is 0 Å². The van der Waals surface area contributed by atoms with E-state index in [1.807, 2.05) is 41.9 Å². The van der Waals surface area contributed by atoms with Gasteiger partial charge in [-0.3, -0.25) is 14.5 Å². The minimum Gasteiger partial charge on any atom is -0.426 e. The maximum absolute atomic E-state index is 12.5. The van der Waals surface area contributed by atoms with Crippen molar-refractivity contribution in [2.75, 3.05) is 11.4 Å². The van der Waals surface area contributed by atoms with E-state index in [1.54, 1.807) is 6.07 Å². The van der Waals surface area contributed by atoms with E-state index in [2.05, 4.69) is 11.9 Å². The van der Waals surface area contributed by atoms with E-state index in [1.165, 1.54) is 16.2 Å². The van der Waals surface area contributed by atoms with E-state index in [0.717, 1.165) is 23.6 Å². The lowest BCUT2D eigenvalue weighted by molar-refractivity contribution is -0.122. The third kappa shape index (κ3) is 6.06. The Balaban J connectivity index is 2.12. The molecule has 0 fully saturated rings. The first-order valence-electron chi connectivity index (χ1n) is 8.64. The number of hydrogen-bond donors (Lipinski definition) is 3. The Labute approximate surface area is 163 Å². The smallest absolute Gasteiger partial charge is 0.426 e. The predicted octanol–water partition coefficient (Wildman–Crippen LogP) is 1.57. The quantitative estimate of drug-likeness (QED) is 0.451. The number of amides is 2. The van der Waals surface area contributed by atoms with Gasteiger partial charge in [-0.15, -0.1) is 0 Å². The average molecular weight is 386 g/mol. The number of carbonyl (C=O) groups is 2. The average Bonchev–Trinajstić information content (AvgIpc) is 3.18. The molecule has 1 heterocycles. The van der Waals surface area contributed by atoms with Crippen LogP contribution in [-0.4, -0.2) is 41.5 Å². The lowest BCUT2D eigenvalue weighted by Gasteiger charge is -2.23. The molecule has 1 aromatic carbocycles. The van der Waals surface area contributed by atoms with E-state index in [0.29, 0.717) is 5.69 Å². The minimum atomic E-state index is -1.71. The van der Waals surface area contributed by atoms with Gasteiger partial charge >= 0.3 is 7.12 Å². The monoisotopic (exact) mass is 386 g/mol. The second-order valence-electron chi connectivity index (χ2n) is 6.08. The van der Waals surface area contributed by atoms with Gasteiger partial charge in [-0.2, -0.15) is 11.3 Å². The number of thiophene rings is 1. The molecule has 1 atom stereocenters. The molecule has 6 nitrogen and oxygen atoms in total. The molecule has 0 spiro atoms. The summed E-state index contributed by atoms with van der Waals surface area (Å²) < 4.78 is 0. The van der Waals surface area contributed by atoms with E-state index >= 15 is 0 Å². The number of benzene rings is 1. The zero-order valence-corrected chi connectivity index (χ0v) is 16.0. The van der Waals surface area contributed by atoms with Crippen molar-refractivity contribution in [1.29, 1.82) is 0 Å². The van der Waals surface area contributed by atoms with Crippen molar-refractivity contribution in [3.8, 4) is 0 Å². The summed E-state index contributed by atoms with van der Waals surface area (Å²) in [6.07, 6.45) is 2.23. The van der Waals surface area contributed by atoms with Crippen LogP contribution in [0.4, 0.5) is 5.69 Å². The van der Waals surface area contributed by atoms with Gasteiger partial charge in [-0.1, -0.05) is 25.6 Å². The normalized spacial score (nSPS) is 11.5. The zero-order chi connectivity index (χ0) is 19.8. The van der Waals surface area contributed by atoms with Gasteiger partial charge < -0.3 is 15.4 Å². The van der Waals surface area contributed by atoms with Crippen molar-refractivity contribution in [3.05, 3.63) is 64.9 Å². The van der Waals surface area contributed by atoms with E-state index in [4.69, 9.17) is 0 Å². The van der Waals surface area contributed by atoms with E-state index in [-0.39, 0.29) is 13.0 Å². The molecular formula is C19H23BN2O4S. The van der Waals surface area contributed by atoms with Gasteiger partial charge in [-0.05, 0) is 59.0 Å². The molecule has 142 valence electrons. The van der Waals surface area contributed by atoms with Gasteiger partial charge in [0.25, 0.3) is 5.91 Å². The first kappa shape index (κ1) is 20.9. The molecule has 0 bridgehead atoms. The predicted molar refractivity (Wildman–Crippen MR) is 109 cm³/mol. The fourth-order valence-corrected chi connectivity index (χ4v) is 3.32. The maximum Gasteiger partial charge on any atom is 0.475 e. The first-order valence-corrected chi connectivity index (χ1v) is 9.58. The Bertz CT molecular complexity index is 780. The standard InChI is InChI=1S/C19H23BN2O4S/c1-3-14-6-5-7-16(10-14)22(19(24)4-2)12-18(23)21-17(20(25)26)11-15-8-9-27-13-15/h4-10,13,17,25-26H,2-3,11-12H2,1H3,(H,21,23). The summed E-state index contributed by atoms with van der Waals surface area (Å²) in [6.45, 7) is 5.25. The Hall–Kier alpha value is -2.42. The van der Waals surface area contributed by atoms with Crippen LogP contribution in [0, 0.1) is 0 Å². The van der Waals surface area contributed by atoms with Gasteiger partial charge in [0, 0.05) is 5.69 Å². The second-order valence-corrected chi connectivity index (χ2v) is 6.86. The molecule has 2 rings (SSSR count). The third-order valence-electron chi connectivity index (χ3n) is 4.11. The Morgan fingerprint density at radius 3 is 2.70 bits per heavy atom. The molecule has 2 aromatic rings. The van der Waals surface area contributed by atoms with Crippen molar-refractivity contribution >= 4 is 36.0 Å². The number of nitrogens with one attached hydrogen (secondary N) is 1. The van der Waals surface area contributed by atoms with Crippen molar-refractivity contribution in [1.82, 2.24) is 5.32 Å². The van der Waals surface area contributed by atoms with Crippen molar-refractivity contribution < 1.29 is 19.6 Å². The van der Waals surface area contributed by atoms with Crippen molar-refractivity contribution in [3.63, 3.8) is 0 Å². The number of carbonyl (C=O) groups excluding carboxylic acids is 2. The SMILES string of the molecule is C=CC(=O)N(CC(=O)NC(Cc1ccsc1)B(O)O)c1cccc(CC)c1. The Kier molecular flexibility index (Phi) is 7.78. The molecule has 0 aliphatic carbocycles. The molecule has 3 N–H and O–H groups in total. The Morgan fingerprint density at radius 2 is 2.11 bits per heavy atom. The molecule has 8 heteroatoms. The number of rotatable bonds is 9. The van der Waals surface area contributed by atoms with Gasteiger partial charge in [0.1, 0.15) is 6.54 Å². The number of aryl methyl sites for hydroxylation is 1. The van der Waals surface area contributed by atoms with Crippen LogP contribution in [0.3, 0.4) is 0 Å². The highest BCUT2D eigenvalue weighted by Gasteiger charge is 2.27. The van der Waals surface area contributed by atoms with Crippen LogP contribution >= 0.6 is 11.3 Å². The van der Waals surface area contributed by atoms with Gasteiger partial charge in [0.2, 0.25) is 5.91 Å². The van der Waals surface area contributed by atoms with Gasteiger partial charge in [-0.25, -0.2) is 0 Å². The molecule has 1 aromatic heterocycles. The Morgan fingerprint density at radius 1 is 1.33 bits per heavy atom. The van der Waals surface area contributed by atoms with Crippen LogP contribution in [0.5, 0.6) is 0 Å². The maximum atomic E-state index is 12.5. The number of hydrogen-bond acceptors (Lipinski definition) is 5. The van der Waals surface area contributed by atoms with Gasteiger partial charge in [0.15, 0.2) is 0 Å². The van der Waals surface area contributed by atoms with E-state index < -0.39 is 24.9 Å². The zero-order valence-electron chi connectivity index (χ0n) is 15.2. The fourth-order valence-electron chi connectivity index (χ4n) is 2.64. The van der Waals surface area contributed by atoms with E-state index in [9.17, 15) is 19.6 Å². The van der Waals surface area contributed by atoms with Gasteiger partial charge in [0.05, 0.1) is 5.94 Å². The summed E-state index contributed by atoms with van der Waals surface area (Å²) >= 11 is 1.49. The van der Waals surface area contributed by atoms with Crippen LogP contribution in [0.1, 0.15) is 18.1 Å². The molecule has 0 saturated carbocycles. The second kappa shape index (κ2) is 10.1. The third-order valence-corrected chi connectivity index (χ3v) is 4.85. The van der Waals surface area contributed by atoms with Crippen LogP contribution in [-0.2, 0) is 22.4 Å². The summed E-state index contributed by atoms with van der Waals surface area (Å²) in [5.74, 6) is -1.76. The van der Waals surface area contributed by atoms with Crippen LogP contribution < -0.4 is 10.2 Å². The topological polar surface area (TPSA) is 89.9 Å². The molecule has 0 aliphatic rings. The molecule has 0 saturated heterocycles. The summed E-state index contributed by atoms with van der Waals surface area (Å²) in [7, 11) is -1.71. The van der Waals surface area contributed by atoms with Crippen LogP contribution in [0.25, 0.3) is 0 Å². The molecule has 1 unspecified atom stereocenters. The highest BCUT2D eigenvalue weighted by Crippen LogP contribution is 2.17. The molecule has 2 amide bonds. The molecular weight excluding hydrogens is 363 g/mol. The highest BCUT2D eigenvalue weighted by molar-refractivity contribution is 7.07. The highest BCUT2D eigenvalue weighted by atomic mass is 32.1.